The number of hydrogen-bond acceptors (Lipinski definition) is 8. The van der Waals surface area contributed by atoms with Crippen LogP contribution in [0.25, 0.3) is 11.3 Å². The molecule has 1 fully saturated rings. The molecule has 34 heavy (non-hydrogen) atoms. The van der Waals surface area contributed by atoms with Gasteiger partial charge in [0.1, 0.15) is 23.5 Å². The van der Waals surface area contributed by atoms with E-state index in [4.69, 9.17) is 15.2 Å². The maximum Gasteiger partial charge on any atom is 0.407 e. The normalized spacial score (nSPS) is 22.4. The molecule has 0 bridgehead atoms. The number of aromatic nitrogens is 2. The lowest BCUT2D eigenvalue weighted by atomic mass is 9.70. The Bertz CT molecular complexity index is 1110. The largest absolute Gasteiger partial charge is 0.490 e. The van der Waals surface area contributed by atoms with E-state index in [1.165, 1.54) is 6.33 Å². The quantitative estimate of drug-likeness (QED) is 0.450. The molecule has 1 aromatic heterocycles. The molecule has 1 saturated carbocycles. The molecule has 1 heterocycles. The third kappa shape index (κ3) is 4.64. The molecular formula is C25H33N5O4. The Morgan fingerprint density at radius 3 is 2.53 bits per heavy atom. The van der Waals surface area contributed by atoms with E-state index in [0.717, 1.165) is 48.1 Å². The van der Waals surface area contributed by atoms with Crippen molar-refractivity contribution < 1.29 is 19.5 Å². The number of nitrogens with one attached hydrogen (secondary N) is 1. The summed E-state index contributed by atoms with van der Waals surface area (Å²) >= 11 is 0. The zero-order chi connectivity index (χ0) is 24.7. The van der Waals surface area contributed by atoms with Crippen molar-refractivity contribution in [2.75, 3.05) is 5.73 Å². The van der Waals surface area contributed by atoms with Gasteiger partial charge in [0.05, 0.1) is 17.5 Å². The predicted molar refractivity (Wildman–Crippen MR) is 129 cm³/mol. The van der Waals surface area contributed by atoms with Gasteiger partial charge in [-0.05, 0) is 78.5 Å². The van der Waals surface area contributed by atoms with Crippen LogP contribution in [-0.4, -0.2) is 44.7 Å². The lowest BCUT2D eigenvalue weighted by Gasteiger charge is -2.35. The Balaban J connectivity index is 1.48. The molecule has 0 radical (unpaired) electrons. The maximum absolute atomic E-state index is 12.0. The number of anilines is 1. The van der Waals surface area contributed by atoms with Crippen molar-refractivity contribution in [3.05, 3.63) is 35.7 Å². The monoisotopic (exact) mass is 467 g/mol. The average Bonchev–Trinajstić information content (AvgIpc) is 2.73. The van der Waals surface area contributed by atoms with Crippen LogP contribution in [0, 0.1) is 0 Å². The van der Waals surface area contributed by atoms with Crippen molar-refractivity contribution in [3.8, 4) is 17.0 Å². The van der Waals surface area contributed by atoms with Gasteiger partial charge in [0.25, 0.3) is 0 Å². The number of rotatable bonds is 3. The number of hydrogen-bond donors (Lipinski definition) is 3. The van der Waals surface area contributed by atoms with Crippen LogP contribution >= 0.6 is 0 Å². The lowest BCUT2D eigenvalue weighted by Crippen LogP contribution is -2.42. The third-order valence-electron chi connectivity index (χ3n) is 6.39. The summed E-state index contributed by atoms with van der Waals surface area (Å²) < 4.78 is 11.6. The summed E-state index contributed by atoms with van der Waals surface area (Å²) in [4.78, 5) is 20.7. The Morgan fingerprint density at radius 2 is 1.88 bits per heavy atom. The van der Waals surface area contributed by atoms with E-state index in [9.17, 15) is 10.0 Å². The molecule has 0 unspecified atom stereocenters. The molecule has 2 aliphatic carbocycles. The number of ether oxygens (including phenoxy) is 2. The third-order valence-corrected chi connectivity index (χ3v) is 6.39. The van der Waals surface area contributed by atoms with E-state index in [1.54, 1.807) is 0 Å². The van der Waals surface area contributed by atoms with Gasteiger partial charge in [0, 0.05) is 28.1 Å². The first-order valence-corrected chi connectivity index (χ1v) is 11.6. The molecule has 4 N–H and O–H groups in total. The molecule has 0 saturated heterocycles. The molecular weight excluding hydrogens is 434 g/mol. The highest BCUT2D eigenvalue weighted by Gasteiger charge is 2.41. The first kappa shape index (κ1) is 23.8. The van der Waals surface area contributed by atoms with E-state index in [-0.39, 0.29) is 18.2 Å². The minimum Gasteiger partial charge on any atom is -0.490 e. The van der Waals surface area contributed by atoms with E-state index in [1.807, 2.05) is 52.8 Å². The van der Waals surface area contributed by atoms with Gasteiger partial charge >= 0.3 is 6.09 Å². The molecule has 1 aromatic carbocycles. The second-order valence-electron chi connectivity index (χ2n) is 10.5. The van der Waals surface area contributed by atoms with Crippen molar-refractivity contribution in [2.24, 2.45) is 5.16 Å². The highest BCUT2D eigenvalue weighted by molar-refractivity contribution is 6.15. The fraction of sp³-hybridized carbons (Fsp3) is 0.520. The Hall–Kier alpha value is -3.36. The number of nitrogens with zero attached hydrogens (tertiary/aromatic N) is 3. The minimum atomic E-state index is -0.674. The molecule has 2 aliphatic rings. The standard InChI is InChI=1S/C25H33N5O4/c1-24(2,3)34-23(31)29-14-6-8-15(9-7-14)33-16-10-11-17-18(12-16)21(30-32)25(4,5)19-20(17)27-13-28-22(19)26/h10-15,32H,6-9H2,1-5H3,(H,29,31)(H2,26,27,28)/b30-21+/t14-,15-. The van der Waals surface area contributed by atoms with Crippen molar-refractivity contribution in [3.63, 3.8) is 0 Å². The number of nitrogen functional groups attached to an aromatic ring is 1. The predicted octanol–water partition coefficient (Wildman–Crippen LogP) is 4.41. The zero-order valence-electron chi connectivity index (χ0n) is 20.4. The first-order chi connectivity index (χ1) is 16.0. The summed E-state index contributed by atoms with van der Waals surface area (Å²) in [6.07, 6.45) is 4.36. The lowest BCUT2D eigenvalue weighted by molar-refractivity contribution is 0.0471. The summed E-state index contributed by atoms with van der Waals surface area (Å²) in [6.45, 7) is 9.44. The van der Waals surface area contributed by atoms with Gasteiger partial charge in [-0.2, -0.15) is 0 Å². The first-order valence-electron chi connectivity index (χ1n) is 11.6. The highest BCUT2D eigenvalue weighted by Crippen LogP contribution is 2.45. The zero-order valence-corrected chi connectivity index (χ0v) is 20.4. The van der Waals surface area contributed by atoms with Crippen LogP contribution in [0.2, 0.25) is 0 Å². The van der Waals surface area contributed by atoms with Gasteiger partial charge in [-0.3, -0.25) is 0 Å². The number of nitrogens with two attached hydrogens (primary N) is 1. The van der Waals surface area contributed by atoms with Gasteiger partial charge in [-0.1, -0.05) is 5.16 Å². The van der Waals surface area contributed by atoms with Crippen molar-refractivity contribution in [1.29, 1.82) is 0 Å². The number of fused-ring (bicyclic) bond motifs is 3. The van der Waals surface area contributed by atoms with Gasteiger partial charge < -0.3 is 25.7 Å². The molecule has 4 rings (SSSR count). The van der Waals surface area contributed by atoms with Crippen LogP contribution in [0.1, 0.15) is 71.4 Å². The molecule has 0 atom stereocenters. The minimum absolute atomic E-state index is 0.0334. The summed E-state index contributed by atoms with van der Waals surface area (Å²) in [5, 5.41) is 16.5. The summed E-state index contributed by atoms with van der Waals surface area (Å²) in [7, 11) is 0. The number of oxime groups is 1. The van der Waals surface area contributed by atoms with Crippen LogP contribution in [-0.2, 0) is 10.2 Å². The maximum atomic E-state index is 12.0. The van der Waals surface area contributed by atoms with Crippen LogP contribution in [0.15, 0.2) is 29.7 Å². The van der Waals surface area contributed by atoms with Crippen molar-refractivity contribution in [1.82, 2.24) is 15.3 Å². The Morgan fingerprint density at radius 1 is 1.18 bits per heavy atom. The number of amides is 1. The van der Waals surface area contributed by atoms with E-state index >= 15 is 0 Å². The van der Waals surface area contributed by atoms with Crippen molar-refractivity contribution in [2.45, 2.75) is 83.5 Å². The topological polar surface area (TPSA) is 132 Å². The number of alkyl carbamates (subject to hydrolysis) is 1. The van der Waals surface area contributed by atoms with Crippen LogP contribution in [0.4, 0.5) is 10.6 Å². The molecule has 0 spiro atoms. The average molecular weight is 468 g/mol. The summed E-state index contributed by atoms with van der Waals surface area (Å²) in [5.41, 5.74) is 8.55. The van der Waals surface area contributed by atoms with Crippen LogP contribution in [0.3, 0.4) is 0 Å². The molecule has 2 aromatic rings. The van der Waals surface area contributed by atoms with E-state index in [2.05, 4.69) is 20.4 Å². The van der Waals surface area contributed by atoms with Gasteiger partial charge in [0.2, 0.25) is 0 Å². The second kappa shape index (κ2) is 8.77. The van der Waals surface area contributed by atoms with Gasteiger partial charge in [-0.15, -0.1) is 0 Å². The number of benzene rings is 1. The van der Waals surface area contributed by atoms with Gasteiger partial charge in [0.15, 0.2) is 0 Å². The molecule has 9 heteroatoms. The molecule has 9 nitrogen and oxygen atoms in total. The second-order valence-corrected chi connectivity index (χ2v) is 10.5. The van der Waals surface area contributed by atoms with Gasteiger partial charge in [-0.25, -0.2) is 14.8 Å². The molecule has 1 amide bonds. The number of carbonyl (C=O) groups excluding carboxylic acids is 1. The van der Waals surface area contributed by atoms with E-state index in [0.29, 0.717) is 17.3 Å². The van der Waals surface area contributed by atoms with Crippen LogP contribution < -0.4 is 15.8 Å². The summed E-state index contributed by atoms with van der Waals surface area (Å²) in [5.74, 6) is 1.07. The Labute approximate surface area is 199 Å². The fourth-order valence-electron chi connectivity index (χ4n) is 4.84. The smallest absolute Gasteiger partial charge is 0.407 e. The number of carbonyl (C=O) groups is 1. The fourth-order valence-corrected chi connectivity index (χ4v) is 4.84. The van der Waals surface area contributed by atoms with Crippen molar-refractivity contribution >= 4 is 17.6 Å². The summed E-state index contributed by atoms with van der Waals surface area (Å²) in [6, 6.07) is 5.80. The van der Waals surface area contributed by atoms with Crippen LogP contribution in [0.5, 0.6) is 5.75 Å². The Kier molecular flexibility index (Phi) is 6.14. The molecule has 0 aliphatic heterocycles. The SMILES string of the molecule is CC(C)(C)OC(=O)N[C@H]1CC[C@H](Oc2ccc3c(c2)/C(=N\O)C(C)(C)c2c(N)ncnc2-3)CC1. The molecule has 182 valence electrons. The van der Waals surface area contributed by atoms with E-state index < -0.39 is 11.0 Å². The highest BCUT2D eigenvalue weighted by atomic mass is 16.6.